The highest BCUT2D eigenvalue weighted by atomic mass is 16.6. The van der Waals surface area contributed by atoms with Crippen LogP contribution in [-0.2, 0) is 11.8 Å². The molecule has 2 N–H and O–H groups in total. The minimum absolute atomic E-state index is 0.146. The van der Waals surface area contributed by atoms with E-state index in [0.717, 1.165) is 6.42 Å². The fourth-order valence-corrected chi connectivity index (χ4v) is 1.71. The Hall–Kier alpha value is -2.12. The molecule has 0 fully saturated rings. The van der Waals surface area contributed by atoms with Crippen LogP contribution in [0.4, 0.5) is 11.6 Å². The first-order valence-corrected chi connectivity index (χ1v) is 6.03. The maximum atomic E-state index is 10.7. The molecular weight excluding hydrogens is 252 g/mol. The summed E-state index contributed by atoms with van der Waals surface area (Å²) < 4.78 is 1.56. The van der Waals surface area contributed by atoms with E-state index in [2.05, 4.69) is 10.3 Å². The van der Waals surface area contributed by atoms with Crippen LogP contribution in [0.25, 0.3) is 0 Å². The Bertz CT molecular complexity index is 458. The monoisotopic (exact) mass is 270 g/mol. The molecule has 1 atom stereocenters. The molecule has 0 aromatic carbocycles. The van der Waals surface area contributed by atoms with Crippen LogP contribution in [-0.4, -0.2) is 32.1 Å². The van der Waals surface area contributed by atoms with Gasteiger partial charge >= 0.3 is 11.8 Å². The number of aryl methyl sites for hydroxylation is 1. The van der Waals surface area contributed by atoms with Gasteiger partial charge < -0.3 is 20.5 Å². The zero-order valence-corrected chi connectivity index (χ0v) is 11.0. The highest BCUT2D eigenvalue weighted by Crippen LogP contribution is 2.21. The molecule has 1 heterocycles. The van der Waals surface area contributed by atoms with Crippen molar-refractivity contribution in [1.82, 2.24) is 9.55 Å². The molecule has 106 valence electrons. The van der Waals surface area contributed by atoms with E-state index in [1.165, 1.54) is 6.33 Å². The summed E-state index contributed by atoms with van der Waals surface area (Å²) in [5.41, 5.74) is 0. The van der Waals surface area contributed by atoms with E-state index < -0.39 is 10.9 Å². The first-order chi connectivity index (χ1) is 8.91. The first kappa shape index (κ1) is 14.9. The molecule has 0 amide bonds. The average molecular weight is 270 g/mol. The molecule has 0 radical (unpaired) electrons. The van der Waals surface area contributed by atoms with Gasteiger partial charge in [0.1, 0.15) is 0 Å². The number of carbonyl (C=O) groups is 1. The summed E-state index contributed by atoms with van der Waals surface area (Å²) in [6.45, 7) is 2.50. The van der Waals surface area contributed by atoms with E-state index in [0.29, 0.717) is 18.8 Å². The molecule has 0 saturated carbocycles. The predicted molar refractivity (Wildman–Crippen MR) is 69.0 cm³/mol. The van der Waals surface area contributed by atoms with Crippen molar-refractivity contribution >= 4 is 17.6 Å². The van der Waals surface area contributed by atoms with Crippen molar-refractivity contribution in [2.45, 2.75) is 26.2 Å². The van der Waals surface area contributed by atoms with E-state index in [1.54, 1.807) is 11.6 Å². The minimum Gasteiger partial charge on any atom is -0.481 e. The van der Waals surface area contributed by atoms with Gasteiger partial charge in [0.25, 0.3) is 0 Å². The topological polar surface area (TPSA) is 110 Å². The number of carboxylic acids is 1. The molecule has 0 aliphatic rings. The van der Waals surface area contributed by atoms with E-state index in [-0.39, 0.29) is 18.2 Å². The lowest BCUT2D eigenvalue weighted by Gasteiger charge is -2.11. The molecule has 1 rings (SSSR count). The zero-order chi connectivity index (χ0) is 14.4. The van der Waals surface area contributed by atoms with Crippen molar-refractivity contribution in [2.24, 2.45) is 13.0 Å². The van der Waals surface area contributed by atoms with Crippen molar-refractivity contribution < 1.29 is 14.8 Å². The summed E-state index contributed by atoms with van der Waals surface area (Å²) in [5, 5.41) is 22.3. The number of nitro groups is 1. The molecule has 0 aliphatic heterocycles. The Morgan fingerprint density at radius 2 is 2.32 bits per heavy atom. The third-order valence-corrected chi connectivity index (χ3v) is 2.87. The van der Waals surface area contributed by atoms with Gasteiger partial charge in [-0.15, -0.1) is 0 Å². The van der Waals surface area contributed by atoms with Gasteiger partial charge in [0.2, 0.25) is 12.1 Å². The van der Waals surface area contributed by atoms with Crippen LogP contribution in [0, 0.1) is 16.0 Å². The van der Waals surface area contributed by atoms with Gasteiger partial charge in [-0.2, -0.15) is 0 Å². The van der Waals surface area contributed by atoms with E-state index in [4.69, 9.17) is 5.11 Å². The van der Waals surface area contributed by atoms with Crippen LogP contribution in [0.3, 0.4) is 0 Å². The van der Waals surface area contributed by atoms with Gasteiger partial charge in [0.15, 0.2) is 0 Å². The van der Waals surface area contributed by atoms with Crippen LogP contribution in [0.1, 0.15) is 26.2 Å². The average Bonchev–Trinajstić information content (AvgIpc) is 2.68. The fourth-order valence-electron chi connectivity index (χ4n) is 1.71. The molecule has 1 aromatic heterocycles. The summed E-state index contributed by atoms with van der Waals surface area (Å²) in [7, 11) is 1.68. The zero-order valence-electron chi connectivity index (χ0n) is 11.0. The molecular formula is C11H18N4O4. The predicted octanol–water partition coefficient (Wildman–Crippen LogP) is 1.63. The Kier molecular flexibility index (Phi) is 5.28. The number of anilines is 1. The first-order valence-electron chi connectivity index (χ1n) is 6.03. The summed E-state index contributed by atoms with van der Waals surface area (Å²) in [6.07, 6.45) is 2.88. The Balaban J connectivity index is 2.43. The number of rotatable bonds is 8. The van der Waals surface area contributed by atoms with Crippen LogP contribution >= 0.6 is 0 Å². The van der Waals surface area contributed by atoms with Crippen molar-refractivity contribution in [3.8, 4) is 0 Å². The fraction of sp³-hybridized carbons (Fsp3) is 0.636. The number of carboxylic acid groups (broad SMARTS) is 1. The lowest BCUT2D eigenvalue weighted by molar-refractivity contribution is -0.388. The maximum absolute atomic E-state index is 10.7. The molecule has 8 nitrogen and oxygen atoms in total. The number of hydrogen-bond acceptors (Lipinski definition) is 5. The number of nitrogens with zero attached hydrogens (tertiary/aromatic N) is 3. The number of aliphatic carboxylic acids is 1. The van der Waals surface area contributed by atoms with Crippen molar-refractivity contribution in [2.75, 3.05) is 11.9 Å². The van der Waals surface area contributed by atoms with E-state index in [1.807, 2.05) is 6.92 Å². The van der Waals surface area contributed by atoms with E-state index >= 15 is 0 Å². The van der Waals surface area contributed by atoms with Gasteiger partial charge in [0, 0.05) is 20.0 Å². The van der Waals surface area contributed by atoms with Gasteiger partial charge in [-0.1, -0.05) is 6.92 Å². The van der Waals surface area contributed by atoms with Crippen LogP contribution < -0.4 is 5.32 Å². The molecule has 0 saturated heterocycles. The van der Waals surface area contributed by atoms with Crippen LogP contribution in [0.5, 0.6) is 0 Å². The number of imidazole rings is 1. The largest absolute Gasteiger partial charge is 0.481 e. The second-order valence-corrected chi connectivity index (χ2v) is 4.54. The van der Waals surface area contributed by atoms with Gasteiger partial charge in [-0.05, 0) is 28.7 Å². The second-order valence-electron chi connectivity index (χ2n) is 4.54. The smallest absolute Gasteiger partial charge is 0.406 e. The molecule has 1 unspecified atom stereocenters. The minimum atomic E-state index is -0.804. The van der Waals surface area contributed by atoms with Crippen molar-refractivity contribution in [3.05, 3.63) is 16.4 Å². The molecule has 0 bridgehead atoms. The Morgan fingerprint density at radius 1 is 1.63 bits per heavy atom. The van der Waals surface area contributed by atoms with Gasteiger partial charge in [-0.3, -0.25) is 9.36 Å². The van der Waals surface area contributed by atoms with E-state index in [9.17, 15) is 14.9 Å². The maximum Gasteiger partial charge on any atom is 0.406 e. The Labute approximate surface area is 110 Å². The molecule has 0 spiro atoms. The quantitative estimate of drug-likeness (QED) is 0.548. The normalized spacial score (nSPS) is 12.1. The number of aromatic nitrogens is 2. The van der Waals surface area contributed by atoms with Crippen molar-refractivity contribution in [3.63, 3.8) is 0 Å². The van der Waals surface area contributed by atoms with Gasteiger partial charge in [-0.25, -0.2) is 0 Å². The molecule has 8 heteroatoms. The number of nitrogens with one attached hydrogen (secondary N) is 1. The number of hydrogen-bond donors (Lipinski definition) is 2. The Morgan fingerprint density at radius 3 is 2.89 bits per heavy atom. The second kappa shape index (κ2) is 6.72. The van der Waals surface area contributed by atoms with Crippen molar-refractivity contribution in [1.29, 1.82) is 0 Å². The lowest BCUT2D eigenvalue weighted by atomic mass is 10.0. The van der Waals surface area contributed by atoms with Crippen LogP contribution in [0.2, 0.25) is 0 Å². The summed E-state index contributed by atoms with van der Waals surface area (Å²) in [6, 6.07) is 0. The summed E-state index contributed by atoms with van der Waals surface area (Å²) in [4.78, 5) is 24.3. The molecule has 19 heavy (non-hydrogen) atoms. The third kappa shape index (κ3) is 4.57. The highest BCUT2D eigenvalue weighted by molar-refractivity contribution is 5.66. The highest BCUT2D eigenvalue weighted by Gasteiger charge is 2.19. The molecule has 0 aliphatic carbocycles. The third-order valence-electron chi connectivity index (χ3n) is 2.87. The summed E-state index contributed by atoms with van der Waals surface area (Å²) >= 11 is 0. The van der Waals surface area contributed by atoms with Gasteiger partial charge in [0.05, 0.1) is 0 Å². The lowest BCUT2D eigenvalue weighted by Crippen LogP contribution is -2.11. The SMILES string of the molecule is CC(CCNc1c([N+](=O)[O-])ncn1C)CCC(=O)O. The standard InChI is InChI=1S/C11H18N4O4/c1-8(3-4-9(16)17)5-6-12-10-11(15(18)19)13-7-14(10)2/h7-8,12H,3-6H2,1-2H3,(H,16,17). The van der Waals surface area contributed by atoms with Crippen LogP contribution in [0.15, 0.2) is 6.33 Å². The summed E-state index contributed by atoms with van der Waals surface area (Å²) in [5.74, 6) is -0.380. The molecule has 1 aromatic rings.